The van der Waals surface area contributed by atoms with E-state index in [-0.39, 0.29) is 5.82 Å². The Bertz CT molecular complexity index is 562. The Balaban J connectivity index is 2.37. The van der Waals surface area contributed by atoms with Crippen molar-refractivity contribution in [3.8, 4) is 11.3 Å². The highest BCUT2D eigenvalue weighted by Crippen LogP contribution is 2.19. The van der Waals surface area contributed by atoms with Crippen LogP contribution in [0.1, 0.15) is 16.2 Å². The predicted octanol–water partition coefficient (Wildman–Crippen LogP) is 1.15. The first-order valence-corrected chi connectivity index (χ1v) is 4.97. The zero-order chi connectivity index (χ0) is 12.4. The number of pyridine rings is 1. The van der Waals surface area contributed by atoms with E-state index in [1.165, 1.54) is 7.11 Å². The monoisotopic (exact) mass is 232 g/mol. The lowest BCUT2D eigenvalue weighted by molar-refractivity contribution is 0.0588. The van der Waals surface area contributed by atoms with Gasteiger partial charge >= 0.3 is 5.97 Å². The van der Waals surface area contributed by atoms with Crippen molar-refractivity contribution in [3.05, 3.63) is 29.8 Å². The third kappa shape index (κ3) is 2.10. The van der Waals surface area contributed by atoms with Gasteiger partial charge in [0.25, 0.3) is 0 Å². The van der Waals surface area contributed by atoms with E-state index in [0.29, 0.717) is 11.5 Å². The highest BCUT2D eigenvalue weighted by atomic mass is 16.5. The Morgan fingerprint density at radius 2 is 2.18 bits per heavy atom. The van der Waals surface area contributed by atoms with Crippen molar-refractivity contribution >= 4 is 11.8 Å². The van der Waals surface area contributed by atoms with Crippen molar-refractivity contribution in [1.29, 1.82) is 0 Å². The summed E-state index contributed by atoms with van der Waals surface area (Å²) >= 11 is 0. The van der Waals surface area contributed by atoms with E-state index in [1.807, 2.05) is 13.0 Å². The number of aromatic amines is 1. The smallest absolute Gasteiger partial charge is 0.374 e. The first kappa shape index (κ1) is 11.1. The number of esters is 1. The topological polar surface area (TPSA) is 93.9 Å². The van der Waals surface area contributed by atoms with Gasteiger partial charge in [0.05, 0.1) is 19.0 Å². The summed E-state index contributed by atoms with van der Waals surface area (Å²) in [7, 11) is 1.31. The van der Waals surface area contributed by atoms with Gasteiger partial charge in [-0.2, -0.15) is 0 Å². The van der Waals surface area contributed by atoms with Crippen molar-refractivity contribution in [1.82, 2.24) is 15.0 Å². The molecule has 3 N–H and O–H groups in total. The molecule has 0 unspecified atom stereocenters. The number of aromatic nitrogens is 3. The molecule has 17 heavy (non-hydrogen) atoms. The average Bonchev–Trinajstić information content (AvgIpc) is 2.81. The van der Waals surface area contributed by atoms with Gasteiger partial charge in [-0.1, -0.05) is 0 Å². The number of nitrogens with two attached hydrogens (primary N) is 1. The summed E-state index contributed by atoms with van der Waals surface area (Å²) in [5.41, 5.74) is 8.02. The first-order valence-electron chi connectivity index (χ1n) is 4.97. The Morgan fingerprint density at radius 3 is 2.82 bits per heavy atom. The van der Waals surface area contributed by atoms with E-state index in [2.05, 4.69) is 19.7 Å². The molecule has 0 aliphatic rings. The molecule has 2 aromatic heterocycles. The van der Waals surface area contributed by atoms with Crippen molar-refractivity contribution in [2.45, 2.75) is 6.92 Å². The van der Waals surface area contributed by atoms with Crippen LogP contribution in [0.25, 0.3) is 11.3 Å². The lowest BCUT2D eigenvalue weighted by Crippen LogP contribution is -2.03. The SMILES string of the molecule is COC(=O)c1ncc(-c2cnc(N)c(C)c2)[nH]1. The molecule has 0 radical (unpaired) electrons. The molecule has 88 valence electrons. The molecule has 6 heteroatoms. The Hall–Kier alpha value is -2.37. The maximum atomic E-state index is 11.2. The number of nitrogens with one attached hydrogen (secondary N) is 1. The molecule has 0 fully saturated rings. The van der Waals surface area contributed by atoms with Crippen LogP contribution in [-0.4, -0.2) is 28.0 Å². The van der Waals surface area contributed by atoms with Gasteiger partial charge in [-0.25, -0.2) is 14.8 Å². The van der Waals surface area contributed by atoms with Crippen molar-refractivity contribution in [2.75, 3.05) is 12.8 Å². The van der Waals surface area contributed by atoms with Gasteiger partial charge < -0.3 is 15.5 Å². The molecule has 0 spiro atoms. The van der Waals surface area contributed by atoms with Crippen LogP contribution >= 0.6 is 0 Å². The van der Waals surface area contributed by atoms with Gasteiger partial charge in [-0.15, -0.1) is 0 Å². The minimum atomic E-state index is -0.503. The van der Waals surface area contributed by atoms with Gasteiger partial charge in [-0.3, -0.25) is 0 Å². The van der Waals surface area contributed by atoms with E-state index < -0.39 is 5.97 Å². The largest absolute Gasteiger partial charge is 0.463 e. The average molecular weight is 232 g/mol. The highest BCUT2D eigenvalue weighted by molar-refractivity contribution is 5.86. The van der Waals surface area contributed by atoms with Crippen molar-refractivity contribution in [2.24, 2.45) is 0 Å². The number of anilines is 1. The summed E-state index contributed by atoms with van der Waals surface area (Å²) in [5, 5.41) is 0. The number of nitrogen functional groups attached to an aromatic ring is 1. The predicted molar refractivity (Wildman–Crippen MR) is 62.3 cm³/mol. The third-order valence-electron chi connectivity index (χ3n) is 2.38. The fraction of sp³-hybridized carbons (Fsp3) is 0.182. The zero-order valence-corrected chi connectivity index (χ0v) is 9.52. The molecule has 0 bridgehead atoms. The molecule has 0 aromatic carbocycles. The molecular formula is C11H12N4O2. The summed E-state index contributed by atoms with van der Waals surface area (Å²) in [4.78, 5) is 22.1. The second-order valence-corrected chi connectivity index (χ2v) is 3.56. The van der Waals surface area contributed by atoms with Gasteiger partial charge in [0.15, 0.2) is 0 Å². The van der Waals surface area contributed by atoms with Crippen LogP contribution in [0.4, 0.5) is 5.82 Å². The molecule has 0 aliphatic heterocycles. The van der Waals surface area contributed by atoms with Crippen LogP contribution in [0.5, 0.6) is 0 Å². The Labute approximate surface area is 97.8 Å². The molecule has 6 nitrogen and oxygen atoms in total. The number of hydrogen-bond donors (Lipinski definition) is 2. The number of ether oxygens (including phenoxy) is 1. The third-order valence-corrected chi connectivity index (χ3v) is 2.38. The maximum absolute atomic E-state index is 11.2. The Morgan fingerprint density at radius 1 is 1.41 bits per heavy atom. The second kappa shape index (κ2) is 4.25. The number of carbonyl (C=O) groups excluding carboxylic acids is 1. The van der Waals surface area contributed by atoms with Gasteiger partial charge in [0.1, 0.15) is 5.82 Å². The van der Waals surface area contributed by atoms with Crippen LogP contribution in [0.3, 0.4) is 0 Å². The summed E-state index contributed by atoms with van der Waals surface area (Å²) in [6, 6.07) is 1.87. The Kier molecular flexibility index (Phi) is 2.78. The second-order valence-electron chi connectivity index (χ2n) is 3.56. The molecule has 0 aliphatic carbocycles. The standard InChI is InChI=1S/C11H12N4O2/c1-6-3-7(4-13-9(6)12)8-5-14-10(15-8)11(16)17-2/h3-5H,1-2H3,(H2,12,13)(H,14,15). The van der Waals surface area contributed by atoms with Crippen molar-refractivity contribution < 1.29 is 9.53 Å². The number of nitrogens with zero attached hydrogens (tertiary/aromatic N) is 2. The number of carbonyl (C=O) groups is 1. The molecule has 0 amide bonds. The first-order chi connectivity index (χ1) is 8.11. The number of H-pyrrole nitrogens is 1. The van der Waals surface area contributed by atoms with Gasteiger partial charge in [0.2, 0.25) is 5.82 Å². The molecule has 2 rings (SSSR count). The van der Waals surface area contributed by atoms with E-state index in [0.717, 1.165) is 11.1 Å². The molecule has 0 atom stereocenters. The molecule has 0 saturated carbocycles. The summed E-state index contributed by atoms with van der Waals surface area (Å²) in [6.45, 7) is 1.86. The molecule has 2 heterocycles. The lowest BCUT2D eigenvalue weighted by Gasteiger charge is -2.01. The lowest BCUT2D eigenvalue weighted by atomic mass is 10.1. The van der Waals surface area contributed by atoms with Gasteiger partial charge in [0, 0.05) is 11.8 Å². The minimum Gasteiger partial charge on any atom is -0.463 e. The maximum Gasteiger partial charge on any atom is 0.374 e. The number of methoxy groups -OCH3 is 1. The van der Waals surface area contributed by atoms with E-state index in [4.69, 9.17) is 5.73 Å². The van der Waals surface area contributed by atoms with E-state index in [9.17, 15) is 4.79 Å². The fourth-order valence-corrected chi connectivity index (χ4v) is 1.40. The van der Waals surface area contributed by atoms with Crippen LogP contribution in [0, 0.1) is 6.92 Å². The fourth-order valence-electron chi connectivity index (χ4n) is 1.40. The summed E-state index contributed by atoms with van der Waals surface area (Å²) in [5.74, 6) is 0.148. The van der Waals surface area contributed by atoms with Crippen LogP contribution < -0.4 is 5.73 Å². The number of imidazole rings is 1. The highest BCUT2D eigenvalue weighted by Gasteiger charge is 2.11. The molecule has 0 saturated heterocycles. The van der Waals surface area contributed by atoms with Gasteiger partial charge in [-0.05, 0) is 18.6 Å². The normalized spacial score (nSPS) is 10.2. The van der Waals surface area contributed by atoms with Crippen LogP contribution in [0.15, 0.2) is 18.5 Å². The van der Waals surface area contributed by atoms with E-state index in [1.54, 1.807) is 12.4 Å². The summed E-state index contributed by atoms with van der Waals surface area (Å²) < 4.78 is 4.56. The number of rotatable bonds is 2. The number of aryl methyl sites for hydroxylation is 1. The summed E-state index contributed by atoms with van der Waals surface area (Å²) in [6.07, 6.45) is 3.18. The van der Waals surface area contributed by atoms with Crippen LogP contribution in [-0.2, 0) is 4.74 Å². The molecular weight excluding hydrogens is 220 g/mol. The van der Waals surface area contributed by atoms with E-state index >= 15 is 0 Å². The number of hydrogen-bond acceptors (Lipinski definition) is 5. The quantitative estimate of drug-likeness (QED) is 0.757. The minimum absolute atomic E-state index is 0.164. The molecule has 2 aromatic rings. The zero-order valence-electron chi connectivity index (χ0n) is 9.52. The van der Waals surface area contributed by atoms with Crippen LogP contribution in [0.2, 0.25) is 0 Å². The van der Waals surface area contributed by atoms with Crippen molar-refractivity contribution in [3.63, 3.8) is 0 Å².